The molecular formula is C22H19N5OS. The van der Waals surface area contributed by atoms with Gasteiger partial charge in [0.1, 0.15) is 10.6 Å². The fourth-order valence-corrected chi connectivity index (χ4v) is 5.01. The van der Waals surface area contributed by atoms with Gasteiger partial charge in [0, 0.05) is 11.9 Å². The average molecular weight is 401 g/mol. The lowest BCUT2D eigenvalue weighted by molar-refractivity contribution is 0.325. The number of fused-ring (bicyclic) bond motifs is 2. The van der Waals surface area contributed by atoms with Crippen LogP contribution in [0.4, 0.5) is 0 Å². The molecule has 2 aromatic carbocycles. The monoisotopic (exact) mass is 401 g/mol. The van der Waals surface area contributed by atoms with Crippen LogP contribution in [0.3, 0.4) is 0 Å². The van der Waals surface area contributed by atoms with Gasteiger partial charge in [-0.25, -0.2) is 0 Å². The van der Waals surface area contributed by atoms with Crippen LogP contribution in [0.15, 0.2) is 65.1 Å². The van der Waals surface area contributed by atoms with Gasteiger partial charge in [-0.2, -0.15) is 9.61 Å². The highest BCUT2D eigenvalue weighted by Gasteiger charge is 2.25. The molecule has 3 aromatic heterocycles. The molecule has 0 unspecified atom stereocenters. The maximum atomic E-state index is 5.96. The van der Waals surface area contributed by atoms with Gasteiger partial charge in [-0.15, -0.1) is 10.2 Å². The van der Waals surface area contributed by atoms with Crippen molar-refractivity contribution in [2.24, 2.45) is 0 Å². The molecule has 4 heterocycles. The van der Waals surface area contributed by atoms with Crippen LogP contribution >= 0.6 is 11.3 Å². The third-order valence-corrected chi connectivity index (χ3v) is 6.46. The largest absolute Gasteiger partial charge is 0.453 e. The molecule has 0 saturated carbocycles. The number of nitrogens with zero attached hydrogens (tertiary/aromatic N) is 5. The Morgan fingerprint density at radius 2 is 1.90 bits per heavy atom. The van der Waals surface area contributed by atoms with Crippen molar-refractivity contribution in [3.05, 3.63) is 71.2 Å². The van der Waals surface area contributed by atoms with Gasteiger partial charge in [0.15, 0.2) is 5.76 Å². The van der Waals surface area contributed by atoms with Crippen LogP contribution in [-0.2, 0) is 6.54 Å². The quantitative estimate of drug-likeness (QED) is 0.441. The van der Waals surface area contributed by atoms with Crippen molar-refractivity contribution >= 4 is 27.3 Å². The maximum absolute atomic E-state index is 5.96. The summed E-state index contributed by atoms with van der Waals surface area (Å²) < 4.78 is 7.77. The van der Waals surface area contributed by atoms with Crippen LogP contribution in [0.5, 0.6) is 0 Å². The van der Waals surface area contributed by atoms with Crippen molar-refractivity contribution in [2.75, 3.05) is 13.1 Å². The highest BCUT2D eigenvalue weighted by atomic mass is 32.1. The first kappa shape index (κ1) is 16.9. The fourth-order valence-electron chi connectivity index (χ4n) is 4.13. The second kappa shape index (κ2) is 6.79. The van der Waals surface area contributed by atoms with Crippen LogP contribution < -0.4 is 0 Å². The Labute approximate surface area is 171 Å². The molecule has 144 valence electrons. The van der Waals surface area contributed by atoms with Crippen molar-refractivity contribution in [3.63, 3.8) is 0 Å². The normalized spacial score (nSPS) is 17.6. The fraction of sp³-hybridized carbons (Fsp3) is 0.227. The van der Waals surface area contributed by atoms with E-state index in [0.29, 0.717) is 17.5 Å². The van der Waals surface area contributed by atoms with E-state index in [0.717, 1.165) is 40.6 Å². The molecule has 6 rings (SSSR count). The summed E-state index contributed by atoms with van der Waals surface area (Å²) in [5.74, 6) is 1.95. The molecule has 1 saturated heterocycles. The molecule has 0 N–H and O–H groups in total. The Morgan fingerprint density at radius 3 is 2.79 bits per heavy atom. The number of hydrogen-bond acceptors (Lipinski definition) is 6. The minimum absolute atomic E-state index is 0.605. The number of furan rings is 1. The van der Waals surface area contributed by atoms with Crippen molar-refractivity contribution in [1.82, 2.24) is 24.7 Å². The lowest BCUT2D eigenvalue weighted by Gasteiger charge is -2.14. The topological polar surface area (TPSA) is 59.5 Å². The van der Waals surface area contributed by atoms with E-state index in [2.05, 4.69) is 45.4 Å². The van der Waals surface area contributed by atoms with Crippen LogP contribution in [0, 0.1) is 0 Å². The standard InChI is InChI=1S/C22H19N5OS/c1-2-6-15(7-3-1)17-10-11-26(13-17)14-20-25-27-21(23-24-22(27)29-20)19-12-16-8-4-5-9-18(16)28-19/h1-9,12,17H,10-11,13-14H2/t17-/m1/s1. The summed E-state index contributed by atoms with van der Waals surface area (Å²) in [5.41, 5.74) is 2.28. The Morgan fingerprint density at radius 1 is 1.03 bits per heavy atom. The lowest BCUT2D eigenvalue weighted by Crippen LogP contribution is -2.19. The Kier molecular flexibility index (Phi) is 3.95. The Bertz CT molecular complexity index is 1260. The molecule has 1 fully saturated rings. The van der Waals surface area contributed by atoms with E-state index in [-0.39, 0.29) is 0 Å². The highest BCUT2D eigenvalue weighted by molar-refractivity contribution is 7.16. The van der Waals surface area contributed by atoms with Gasteiger partial charge in [-0.1, -0.05) is 59.9 Å². The number of aromatic nitrogens is 4. The first-order chi connectivity index (χ1) is 14.3. The van der Waals surface area contributed by atoms with E-state index in [4.69, 9.17) is 9.52 Å². The molecule has 5 aromatic rings. The second-order valence-corrected chi connectivity index (χ2v) is 8.53. The van der Waals surface area contributed by atoms with Gasteiger partial charge < -0.3 is 4.42 Å². The van der Waals surface area contributed by atoms with Crippen LogP contribution in [0.1, 0.15) is 22.9 Å². The minimum atomic E-state index is 0.605. The van der Waals surface area contributed by atoms with E-state index in [1.54, 1.807) is 11.3 Å². The average Bonchev–Trinajstić information content (AvgIpc) is 3.51. The van der Waals surface area contributed by atoms with E-state index < -0.39 is 0 Å². The number of rotatable bonds is 4. The molecule has 1 aliphatic heterocycles. The van der Waals surface area contributed by atoms with Gasteiger partial charge in [0.05, 0.1) is 6.54 Å². The van der Waals surface area contributed by atoms with Crippen molar-refractivity contribution in [3.8, 4) is 11.6 Å². The van der Waals surface area contributed by atoms with Gasteiger partial charge in [-0.05, 0) is 36.6 Å². The van der Waals surface area contributed by atoms with Crippen molar-refractivity contribution < 1.29 is 4.42 Å². The number of likely N-dealkylation sites (tertiary alicyclic amines) is 1. The Balaban J connectivity index is 1.24. The Hall–Kier alpha value is -3.03. The smallest absolute Gasteiger partial charge is 0.235 e. The van der Waals surface area contributed by atoms with Gasteiger partial charge in [0.2, 0.25) is 10.8 Å². The molecule has 0 bridgehead atoms. The summed E-state index contributed by atoms with van der Waals surface area (Å²) in [5, 5.41) is 15.5. The van der Waals surface area contributed by atoms with E-state index in [9.17, 15) is 0 Å². The first-order valence-electron chi connectivity index (χ1n) is 9.81. The molecule has 0 amide bonds. The number of hydrogen-bond donors (Lipinski definition) is 0. The summed E-state index contributed by atoms with van der Waals surface area (Å²) in [6.45, 7) is 3.01. The zero-order valence-corrected chi connectivity index (χ0v) is 16.5. The van der Waals surface area contributed by atoms with Crippen molar-refractivity contribution in [1.29, 1.82) is 0 Å². The van der Waals surface area contributed by atoms with E-state index in [1.807, 2.05) is 34.8 Å². The van der Waals surface area contributed by atoms with Crippen molar-refractivity contribution in [2.45, 2.75) is 18.9 Å². The molecule has 0 aliphatic carbocycles. The maximum Gasteiger partial charge on any atom is 0.235 e. The molecule has 0 spiro atoms. The highest BCUT2D eigenvalue weighted by Crippen LogP contribution is 2.30. The summed E-state index contributed by atoms with van der Waals surface area (Å²) in [7, 11) is 0. The SMILES string of the molecule is c1ccc([C@@H]2CCN(Cc3nn4c(-c5cc6ccccc6o5)nnc4s3)C2)cc1. The molecule has 7 heteroatoms. The summed E-state index contributed by atoms with van der Waals surface area (Å²) >= 11 is 1.60. The molecule has 0 radical (unpaired) electrons. The predicted octanol–water partition coefficient (Wildman–Crippen LogP) is 4.59. The third-order valence-electron chi connectivity index (χ3n) is 5.58. The molecule has 1 atom stereocenters. The predicted molar refractivity (Wildman–Crippen MR) is 113 cm³/mol. The number of benzene rings is 2. The van der Waals surface area contributed by atoms with Gasteiger partial charge in [0.25, 0.3) is 0 Å². The van der Waals surface area contributed by atoms with Crippen LogP contribution in [0.25, 0.3) is 27.5 Å². The lowest BCUT2D eigenvalue weighted by atomic mass is 9.99. The zero-order chi connectivity index (χ0) is 19.2. The summed E-state index contributed by atoms with van der Waals surface area (Å²) in [6.07, 6.45) is 1.19. The van der Waals surface area contributed by atoms with Gasteiger partial charge >= 0.3 is 0 Å². The molecule has 6 nitrogen and oxygen atoms in total. The summed E-state index contributed by atoms with van der Waals surface area (Å²) in [6, 6.07) is 20.7. The first-order valence-corrected chi connectivity index (χ1v) is 10.6. The van der Waals surface area contributed by atoms with E-state index >= 15 is 0 Å². The third kappa shape index (κ3) is 3.03. The second-order valence-electron chi connectivity index (χ2n) is 7.49. The minimum Gasteiger partial charge on any atom is -0.453 e. The zero-order valence-electron chi connectivity index (χ0n) is 15.7. The van der Waals surface area contributed by atoms with Crippen LogP contribution in [-0.4, -0.2) is 37.8 Å². The molecule has 1 aliphatic rings. The van der Waals surface area contributed by atoms with Gasteiger partial charge in [-0.3, -0.25) is 4.90 Å². The summed E-state index contributed by atoms with van der Waals surface area (Å²) in [4.78, 5) is 3.28. The van der Waals surface area contributed by atoms with Crippen LogP contribution in [0.2, 0.25) is 0 Å². The van der Waals surface area contributed by atoms with E-state index in [1.165, 1.54) is 12.0 Å². The molecule has 29 heavy (non-hydrogen) atoms. The number of para-hydroxylation sites is 1. The molecular weight excluding hydrogens is 382 g/mol.